The molecule has 2 rings (SSSR count). The van der Waals surface area contributed by atoms with Crippen molar-refractivity contribution in [1.82, 2.24) is 15.3 Å². The van der Waals surface area contributed by atoms with Gasteiger partial charge in [-0.1, -0.05) is 47.6 Å². The average Bonchev–Trinajstić information content (AvgIpc) is 2.73. The number of rotatable bonds is 8. The summed E-state index contributed by atoms with van der Waals surface area (Å²) >= 11 is 0. The van der Waals surface area contributed by atoms with Gasteiger partial charge in [0.15, 0.2) is 0 Å². The molecule has 1 saturated heterocycles. The molecule has 0 radical (unpaired) electrons. The van der Waals surface area contributed by atoms with Gasteiger partial charge < -0.3 is 14.4 Å². The van der Waals surface area contributed by atoms with Crippen molar-refractivity contribution in [2.45, 2.75) is 92.4 Å². The van der Waals surface area contributed by atoms with E-state index in [1.54, 1.807) is 0 Å². The summed E-state index contributed by atoms with van der Waals surface area (Å²) < 4.78 is 13.4. The van der Waals surface area contributed by atoms with E-state index in [0.717, 1.165) is 25.7 Å². The predicted molar refractivity (Wildman–Crippen MR) is 136 cm³/mol. The van der Waals surface area contributed by atoms with E-state index >= 15 is 0 Å². The highest BCUT2D eigenvalue weighted by molar-refractivity contribution is 5.81. The van der Waals surface area contributed by atoms with Crippen LogP contribution in [-0.2, 0) is 14.3 Å². The molecule has 2 aliphatic rings. The van der Waals surface area contributed by atoms with Crippen LogP contribution < -0.4 is 5.43 Å². The van der Waals surface area contributed by atoms with Gasteiger partial charge in [-0.2, -0.15) is 0 Å². The lowest BCUT2D eigenvalue weighted by Gasteiger charge is -2.59. The maximum Gasteiger partial charge on any atom is 0.227 e. The zero-order valence-corrected chi connectivity index (χ0v) is 23.1. The Morgan fingerprint density at radius 2 is 1.67 bits per heavy atom. The van der Waals surface area contributed by atoms with Crippen LogP contribution in [0.5, 0.6) is 0 Å². The predicted octanol–water partition coefficient (Wildman–Crippen LogP) is 4.86. The van der Waals surface area contributed by atoms with E-state index in [4.69, 9.17) is 9.47 Å². The van der Waals surface area contributed by atoms with E-state index in [0.29, 0.717) is 32.2 Å². The van der Waals surface area contributed by atoms with E-state index in [9.17, 15) is 4.79 Å². The Hall–Kier alpha value is -0.950. The van der Waals surface area contributed by atoms with Gasteiger partial charge >= 0.3 is 0 Å². The van der Waals surface area contributed by atoms with Gasteiger partial charge in [0.2, 0.25) is 11.7 Å². The SMILES string of the molecule is CC/C=C/C1(C2(NN(C)C)CCC(C(C)(C)C)CC2C(=O)N(CC)CC)OCC(C)(C)CO1. The Morgan fingerprint density at radius 1 is 1.09 bits per heavy atom. The first-order valence-corrected chi connectivity index (χ1v) is 13.0. The second-order valence-electron chi connectivity index (χ2n) is 12.1. The summed E-state index contributed by atoms with van der Waals surface area (Å²) in [6.45, 7) is 20.1. The molecule has 1 heterocycles. The number of hydrogen-bond acceptors (Lipinski definition) is 5. The lowest BCUT2D eigenvalue weighted by Crippen LogP contribution is -2.75. The van der Waals surface area contributed by atoms with E-state index in [-0.39, 0.29) is 22.7 Å². The molecule has 1 amide bonds. The molecule has 3 atom stereocenters. The molecule has 33 heavy (non-hydrogen) atoms. The minimum absolute atomic E-state index is 0.0656. The normalized spacial score (nSPS) is 30.0. The van der Waals surface area contributed by atoms with E-state index in [2.05, 4.69) is 73.0 Å². The maximum absolute atomic E-state index is 14.1. The van der Waals surface area contributed by atoms with Crippen molar-refractivity contribution in [3.05, 3.63) is 12.2 Å². The van der Waals surface area contributed by atoms with Crippen molar-refractivity contribution in [1.29, 1.82) is 0 Å². The Balaban J connectivity index is 2.69. The van der Waals surface area contributed by atoms with Gasteiger partial charge in [0.25, 0.3) is 0 Å². The maximum atomic E-state index is 14.1. The van der Waals surface area contributed by atoms with Crippen LogP contribution >= 0.6 is 0 Å². The van der Waals surface area contributed by atoms with Gasteiger partial charge in [-0.25, -0.2) is 10.4 Å². The highest BCUT2D eigenvalue weighted by Crippen LogP contribution is 2.52. The van der Waals surface area contributed by atoms with Gasteiger partial charge in [0.1, 0.15) is 5.54 Å². The quantitative estimate of drug-likeness (QED) is 0.410. The van der Waals surface area contributed by atoms with Crippen molar-refractivity contribution < 1.29 is 14.3 Å². The van der Waals surface area contributed by atoms with Crippen molar-refractivity contribution in [2.75, 3.05) is 40.4 Å². The second kappa shape index (κ2) is 10.8. The number of allylic oxidation sites excluding steroid dienone is 1. The van der Waals surface area contributed by atoms with Crippen LogP contribution in [0.1, 0.15) is 81.1 Å². The minimum Gasteiger partial charge on any atom is -0.344 e. The third kappa shape index (κ3) is 6.01. The van der Waals surface area contributed by atoms with Crippen LogP contribution in [-0.4, -0.2) is 67.5 Å². The lowest BCUT2D eigenvalue weighted by molar-refractivity contribution is -0.323. The highest BCUT2D eigenvalue weighted by atomic mass is 16.7. The second-order valence-corrected chi connectivity index (χ2v) is 12.1. The van der Waals surface area contributed by atoms with Crippen LogP contribution in [0.2, 0.25) is 0 Å². The summed E-state index contributed by atoms with van der Waals surface area (Å²) in [5.74, 6) is -0.615. The van der Waals surface area contributed by atoms with Crippen molar-refractivity contribution in [2.24, 2.45) is 22.7 Å². The van der Waals surface area contributed by atoms with Crippen LogP contribution in [0.4, 0.5) is 0 Å². The van der Waals surface area contributed by atoms with Crippen molar-refractivity contribution in [3.8, 4) is 0 Å². The summed E-state index contributed by atoms with van der Waals surface area (Å²) in [5.41, 5.74) is 3.11. The van der Waals surface area contributed by atoms with Gasteiger partial charge in [-0.15, -0.1) is 0 Å². The Kier molecular flexibility index (Phi) is 9.22. The summed E-state index contributed by atoms with van der Waals surface area (Å²) in [6.07, 6.45) is 7.75. The molecule has 6 heteroatoms. The molecule has 1 aliphatic carbocycles. The van der Waals surface area contributed by atoms with Crippen LogP contribution in [0.25, 0.3) is 0 Å². The molecule has 1 aliphatic heterocycles. The fourth-order valence-electron chi connectivity index (χ4n) is 5.53. The molecule has 1 N–H and O–H groups in total. The number of nitrogens with one attached hydrogen (secondary N) is 1. The fraction of sp³-hybridized carbons (Fsp3) is 0.889. The number of amides is 1. The number of carbonyl (C=O) groups excluding carboxylic acids is 1. The summed E-state index contributed by atoms with van der Waals surface area (Å²) in [4.78, 5) is 16.1. The largest absolute Gasteiger partial charge is 0.344 e. The number of hydrazine groups is 1. The number of nitrogens with zero attached hydrogens (tertiary/aromatic N) is 2. The molecule has 0 aromatic rings. The molecule has 1 saturated carbocycles. The molecule has 3 unspecified atom stereocenters. The number of ether oxygens (including phenoxy) is 2. The molecule has 6 nitrogen and oxygen atoms in total. The molecule has 0 bridgehead atoms. The van der Waals surface area contributed by atoms with E-state index < -0.39 is 11.3 Å². The van der Waals surface area contributed by atoms with Crippen molar-refractivity contribution in [3.63, 3.8) is 0 Å². The van der Waals surface area contributed by atoms with Gasteiger partial charge in [-0.05, 0) is 56.9 Å². The van der Waals surface area contributed by atoms with E-state index in [1.165, 1.54) is 0 Å². The third-order valence-corrected chi connectivity index (χ3v) is 7.57. The Labute approximate surface area is 203 Å². The monoisotopic (exact) mass is 465 g/mol. The standard InChI is InChI=1S/C27H51N3O3/c1-11-14-16-27(32-19-25(7,8)20-33-27)26(28-29(9)10)17-15-21(24(4,5)6)18-22(26)23(31)30(12-2)13-3/h14,16,21-22,28H,11-13,15,17-20H2,1-10H3/b16-14+. The van der Waals surface area contributed by atoms with E-state index in [1.807, 2.05) is 24.0 Å². The first-order valence-electron chi connectivity index (χ1n) is 13.0. The highest BCUT2D eigenvalue weighted by Gasteiger charge is 2.63. The zero-order valence-electron chi connectivity index (χ0n) is 23.1. The lowest BCUT2D eigenvalue weighted by atomic mass is 9.59. The van der Waals surface area contributed by atoms with Crippen LogP contribution in [0.3, 0.4) is 0 Å². The summed E-state index contributed by atoms with van der Waals surface area (Å²) in [5, 5.41) is 1.98. The fourth-order valence-corrected chi connectivity index (χ4v) is 5.53. The zero-order chi connectivity index (χ0) is 25.1. The molecular formula is C27H51N3O3. The molecule has 0 spiro atoms. The molecule has 0 aromatic carbocycles. The summed E-state index contributed by atoms with van der Waals surface area (Å²) in [7, 11) is 4.00. The molecule has 2 fully saturated rings. The number of hydrogen-bond donors (Lipinski definition) is 1. The van der Waals surface area contributed by atoms with Gasteiger partial charge in [0.05, 0.1) is 19.1 Å². The van der Waals surface area contributed by atoms with Gasteiger partial charge in [-0.3, -0.25) is 4.79 Å². The minimum atomic E-state index is -1.00. The smallest absolute Gasteiger partial charge is 0.227 e. The topological polar surface area (TPSA) is 54.0 Å². The third-order valence-electron chi connectivity index (χ3n) is 7.57. The Morgan fingerprint density at radius 3 is 2.12 bits per heavy atom. The first-order chi connectivity index (χ1) is 15.3. The number of carbonyl (C=O) groups is 1. The first kappa shape index (κ1) is 28.3. The molecule has 0 aromatic heterocycles. The molecular weight excluding hydrogens is 414 g/mol. The van der Waals surface area contributed by atoms with Gasteiger partial charge in [0, 0.05) is 32.6 Å². The Bertz CT molecular complexity index is 669. The van der Waals surface area contributed by atoms with Crippen LogP contribution in [0.15, 0.2) is 12.2 Å². The average molecular weight is 466 g/mol. The molecule has 192 valence electrons. The summed E-state index contributed by atoms with van der Waals surface area (Å²) in [6, 6.07) is 0. The van der Waals surface area contributed by atoms with Crippen molar-refractivity contribution >= 4 is 5.91 Å². The van der Waals surface area contributed by atoms with Crippen LogP contribution in [0, 0.1) is 22.7 Å².